The van der Waals surface area contributed by atoms with Gasteiger partial charge in [-0.05, 0) is 44.2 Å². The Morgan fingerprint density at radius 2 is 2.10 bits per heavy atom. The minimum atomic E-state index is -0.0827. The number of rotatable bonds is 5. The highest BCUT2D eigenvalue weighted by Gasteiger charge is 2.20. The molecule has 0 radical (unpaired) electrons. The second-order valence-electron chi connectivity index (χ2n) is 5.84. The summed E-state index contributed by atoms with van der Waals surface area (Å²) >= 11 is 0. The van der Waals surface area contributed by atoms with Gasteiger partial charge in [-0.25, -0.2) is 0 Å². The molecular formula is C17H25NO2. The number of hydrogen-bond acceptors (Lipinski definition) is 3. The van der Waals surface area contributed by atoms with Gasteiger partial charge in [0.05, 0.1) is 7.11 Å². The van der Waals surface area contributed by atoms with Crippen LogP contribution in [0.4, 0.5) is 0 Å². The molecule has 0 amide bonds. The Labute approximate surface area is 121 Å². The first-order valence-electron chi connectivity index (χ1n) is 7.52. The van der Waals surface area contributed by atoms with E-state index >= 15 is 0 Å². The monoisotopic (exact) mass is 275 g/mol. The second-order valence-corrected chi connectivity index (χ2v) is 5.84. The molecule has 1 saturated heterocycles. The molecule has 1 aromatic rings. The Kier molecular flexibility index (Phi) is 5.60. The van der Waals surface area contributed by atoms with Crippen LogP contribution in [0, 0.1) is 12.8 Å². The number of hydrogen-bond donors (Lipinski definition) is 0. The summed E-state index contributed by atoms with van der Waals surface area (Å²) in [6, 6.07) is 8.78. The van der Waals surface area contributed by atoms with E-state index in [2.05, 4.69) is 36.1 Å². The third kappa shape index (κ3) is 4.64. The fourth-order valence-electron chi connectivity index (χ4n) is 2.91. The van der Waals surface area contributed by atoms with Crippen LogP contribution >= 0.6 is 0 Å². The molecule has 1 heterocycles. The third-order valence-electron chi connectivity index (χ3n) is 4.11. The van der Waals surface area contributed by atoms with Crippen molar-refractivity contribution in [2.24, 2.45) is 5.92 Å². The molecule has 0 aliphatic carbocycles. The van der Waals surface area contributed by atoms with Gasteiger partial charge in [0.2, 0.25) is 0 Å². The molecular weight excluding hydrogens is 250 g/mol. The van der Waals surface area contributed by atoms with Gasteiger partial charge in [0.15, 0.2) is 0 Å². The zero-order valence-corrected chi connectivity index (χ0v) is 12.6. The van der Waals surface area contributed by atoms with E-state index in [1.165, 1.54) is 37.6 Å². The molecule has 0 bridgehead atoms. The fourth-order valence-corrected chi connectivity index (χ4v) is 2.91. The number of carbonyl (C=O) groups excluding carboxylic acids is 1. The van der Waals surface area contributed by atoms with Crippen molar-refractivity contribution in [1.82, 2.24) is 4.90 Å². The molecule has 1 aliphatic heterocycles. The van der Waals surface area contributed by atoms with E-state index in [0.29, 0.717) is 12.3 Å². The van der Waals surface area contributed by atoms with Crippen LogP contribution in [0.3, 0.4) is 0 Å². The SMILES string of the molecule is COC(=O)CCC1CCCN(Cc2ccc(C)cc2)C1. The van der Waals surface area contributed by atoms with Gasteiger partial charge in [-0.3, -0.25) is 9.69 Å². The van der Waals surface area contributed by atoms with Crippen molar-refractivity contribution >= 4 is 5.97 Å². The summed E-state index contributed by atoms with van der Waals surface area (Å²) in [5.74, 6) is 0.550. The maximum absolute atomic E-state index is 11.2. The van der Waals surface area contributed by atoms with Crippen molar-refractivity contribution in [1.29, 1.82) is 0 Å². The summed E-state index contributed by atoms with van der Waals surface area (Å²) in [5, 5.41) is 0. The second kappa shape index (κ2) is 7.44. The van der Waals surface area contributed by atoms with Crippen molar-refractivity contribution in [3.8, 4) is 0 Å². The summed E-state index contributed by atoms with van der Waals surface area (Å²) < 4.78 is 4.72. The van der Waals surface area contributed by atoms with E-state index in [9.17, 15) is 4.79 Å². The molecule has 1 aliphatic rings. The van der Waals surface area contributed by atoms with E-state index in [1.807, 2.05) is 0 Å². The summed E-state index contributed by atoms with van der Waals surface area (Å²) in [6.07, 6.45) is 3.98. The van der Waals surface area contributed by atoms with Gasteiger partial charge in [0.1, 0.15) is 0 Å². The first-order valence-corrected chi connectivity index (χ1v) is 7.52. The van der Waals surface area contributed by atoms with E-state index < -0.39 is 0 Å². The maximum atomic E-state index is 11.2. The molecule has 110 valence electrons. The normalized spacial score (nSPS) is 19.8. The highest BCUT2D eigenvalue weighted by molar-refractivity contribution is 5.69. The predicted octanol–water partition coefficient (Wildman–Crippen LogP) is 3.16. The zero-order valence-electron chi connectivity index (χ0n) is 12.6. The van der Waals surface area contributed by atoms with Gasteiger partial charge in [0, 0.05) is 19.5 Å². The first kappa shape index (κ1) is 15.0. The van der Waals surface area contributed by atoms with Crippen LogP contribution in [0.1, 0.15) is 36.8 Å². The first-order chi connectivity index (χ1) is 9.67. The lowest BCUT2D eigenvalue weighted by atomic mass is 9.93. The molecule has 1 unspecified atom stereocenters. The fraction of sp³-hybridized carbons (Fsp3) is 0.588. The molecule has 1 fully saturated rings. The van der Waals surface area contributed by atoms with E-state index in [1.54, 1.807) is 0 Å². The Hall–Kier alpha value is -1.35. The van der Waals surface area contributed by atoms with Crippen LogP contribution in [-0.2, 0) is 16.1 Å². The van der Waals surface area contributed by atoms with Gasteiger partial charge in [-0.15, -0.1) is 0 Å². The topological polar surface area (TPSA) is 29.5 Å². The van der Waals surface area contributed by atoms with E-state index in [0.717, 1.165) is 19.5 Å². The lowest BCUT2D eigenvalue weighted by molar-refractivity contribution is -0.141. The van der Waals surface area contributed by atoms with Crippen molar-refractivity contribution in [3.63, 3.8) is 0 Å². The molecule has 2 rings (SSSR count). The number of benzene rings is 1. The van der Waals surface area contributed by atoms with Crippen LogP contribution in [0.5, 0.6) is 0 Å². The summed E-state index contributed by atoms with van der Waals surface area (Å²) in [6.45, 7) is 5.41. The predicted molar refractivity (Wildman–Crippen MR) is 80.4 cm³/mol. The molecule has 0 N–H and O–H groups in total. The minimum absolute atomic E-state index is 0.0827. The number of nitrogens with zero attached hydrogens (tertiary/aromatic N) is 1. The van der Waals surface area contributed by atoms with Crippen LogP contribution in [0.15, 0.2) is 24.3 Å². The zero-order chi connectivity index (χ0) is 14.4. The molecule has 0 spiro atoms. The standard InChI is InChI=1S/C17H25NO2/c1-14-5-7-16(8-6-14)13-18-11-3-4-15(12-18)9-10-17(19)20-2/h5-8,15H,3-4,9-13H2,1-2H3. The quantitative estimate of drug-likeness (QED) is 0.773. The van der Waals surface area contributed by atoms with Crippen LogP contribution in [0.25, 0.3) is 0 Å². The highest BCUT2D eigenvalue weighted by atomic mass is 16.5. The van der Waals surface area contributed by atoms with Gasteiger partial charge >= 0.3 is 5.97 Å². The number of esters is 1. The summed E-state index contributed by atoms with van der Waals surface area (Å²) in [7, 11) is 1.47. The number of aryl methyl sites for hydroxylation is 1. The smallest absolute Gasteiger partial charge is 0.305 e. The highest BCUT2D eigenvalue weighted by Crippen LogP contribution is 2.22. The third-order valence-corrected chi connectivity index (χ3v) is 4.11. The van der Waals surface area contributed by atoms with Gasteiger partial charge in [-0.1, -0.05) is 29.8 Å². The number of methoxy groups -OCH3 is 1. The summed E-state index contributed by atoms with van der Waals surface area (Å²) in [5.41, 5.74) is 2.69. The van der Waals surface area contributed by atoms with Crippen LogP contribution in [0.2, 0.25) is 0 Å². The minimum Gasteiger partial charge on any atom is -0.469 e. The van der Waals surface area contributed by atoms with Crippen molar-refractivity contribution in [2.75, 3.05) is 20.2 Å². The van der Waals surface area contributed by atoms with E-state index in [-0.39, 0.29) is 5.97 Å². The Morgan fingerprint density at radius 1 is 1.35 bits per heavy atom. The van der Waals surface area contributed by atoms with Crippen molar-refractivity contribution < 1.29 is 9.53 Å². The van der Waals surface area contributed by atoms with Crippen LogP contribution < -0.4 is 0 Å². The van der Waals surface area contributed by atoms with E-state index in [4.69, 9.17) is 4.74 Å². The molecule has 0 aromatic heterocycles. The molecule has 3 heteroatoms. The van der Waals surface area contributed by atoms with Gasteiger partial charge in [-0.2, -0.15) is 0 Å². The van der Waals surface area contributed by atoms with Crippen LogP contribution in [-0.4, -0.2) is 31.1 Å². The lowest BCUT2D eigenvalue weighted by Crippen LogP contribution is -2.35. The number of likely N-dealkylation sites (tertiary alicyclic amines) is 1. The lowest BCUT2D eigenvalue weighted by Gasteiger charge is -2.32. The average molecular weight is 275 g/mol. The largest absolute Gasteiger partial charge is 0.469 e. The van der Waals surface area contributed by atoms with Crippen molar-refractivity contribution in [2.45, 2.75) is 39.2 Å². The summed E-state index contributed by atoms with van der Waals surface area (Å²) in [4.78, 5) is 13.7. The van der Waals surface area contributed by atoms with Gasteiger partial charge in [0.25, 0.3) is 0 Å². The average Bonchev–Trinajstić information content (AvgIpc) is 2.47. The molecule has 1 aromatic carbocycles. The Morgan fingerprint density at radius 3 is 2.80 bits per heavy atom. The maximum Gasteiger partial charge on any atom is 0.305 e. The molecule has 3 nitrogen and oxygen atoms in total. The molecule has 20 heavy (non-hydrogen) atoms. The number of piperidine rings is 1. The molecule has 1 atom stereocenters. The Balaban J connectivity index is 1.81. The van der Waals surface area contributed by atoms with Gasteiger partial charge < -0.3 is 4.74 Å². The number of ether oxygens (including phenoxy) is 1. The Bertz CT molecular complexity index is 427. The molecule has 0 saturated carbocycles. The number of carbonyl (C=O) groups is 1. The van der Waals surface area contributed by atoms with Crippen molar-refractivity contribution in [3.05, 3.63) is 35.4 Å².